The van der Waals surface area contributed by atoms with Gasteiger partial charge in [-0.1, -0.05) is 18.2 Å². The summed E-state index contributed by atoms with van der Waals surface area (Å²) < 4.78 is 1.91. The van der Waals surface area contributed by atoms with Gasteiger partial charge in [-0.15, -0.1) is 0 Å². The van der Waals surface area contributed by atoms with Gasteiger partial charge < -0.3 is 11.5 Å². The number of hydrogen-bond donors (Lipinski definition) is 2. The number of benzene rings is 1. The quantitative estimate of drug-likeness (QED) is 0.629. The third-order valence-electron chi connectivity index (χ3n) is 2.66. The largest absolute Gasteiger partial charge is 0.370 e. The van der Waals surface area contributed by atoms with E-state index in [0.717, 1.165) is 22.6 Å². The molecule has 5 nitrogen and oxygen atoms in total. The Morgan fingerprint density at radius 3 is 2.61 bits per heavy atom. The number of guanidine groups is 1. The van der Waals surface area contributed by atoms with Crippen molar-refractivity contribution in [2.75, 3.05) is 0 Å². The molecule has 94 valence electrons. The zero-order valence-electron chi connectivity index (χ0n) is 10.6. The predicted octanol–water partition coefficient (Wildman–Crippen LogP) is 1.26. The number of nitrogens with two attached hydrogens (primary N) is 2. The van der Waals surface area contributed by atoms with Crippen molar-refractivity contribution in [1.82, 2.24) is 9.78 Å². The van der Waals surface area contributed by atoms with E-state index in [1.807, 2.05) is 48.9 Å². The Bertz CT molecular complexity index is 579. The molecule has 0 amide bonds. The van der Waals surface area contributed by atoms with E-state index in [2.05, 4.69) is 10.1 Å². The average Bonchev–Trinajstić information content (AvgIpc) is 2.66. The van der Waals surface area contributed by atoms with Crippen molar-refractivity contribution in [3.63, 3.8) is 0 Å². The van der Waals surface area contributed by atoms with E-state index >= 15 is 0 Å². The van der Waals surface area contributed by atoms with Gasteiger partial charge in [0.05, 0.1) is 17.9 Å². The molecule has 5 heteroatoms. The number of nitrogens with zero attached hydrogens (tertiary/aromatic N) is 3. The molecule has 18 heavy (non-hydrogen) atoms. The SMILES string of the molecule is Cc1cc(C)n(-c2ccccc2CN=C(N)N)n1. The van der Waals surface area contributed by atoms with Crippen molar-refractivity contribution in [2.45, 2.75) is 20.4 Å². The van der Waals surface area contributed by atoms with Gasteiger partial charge >= 0.3 is 0 Å². The summed E-state index contributed by atoms with van der Waals surface area (Å²) in [7, 11) is 0. The summed E-state index contributed by atoms with van der Waals surface area (Å²) in [6, 6.07) is 9.99. The molecule has 0 unspecified atom stereocenters. The van der Waals surface area contributed by atoms with Crippen LogP contribution in [0.5, 0.6) is 0 Å². The summed E-state index contributed by atoms with van der Waals surface area (Å²) in [4.78, 5) is 4.05. The van der Waals surface area contributed by atoms with Gasteiger partial charge in [0.1, 0.15) is 0 Å². The molecule has 0 saturated heterocycles. The summed E-state index contributed by atoms with van der Waals surface area (Å²) in [5.74, 6) is 0.0955. The minimum atomic E-state index is 0.0955. The molecule has 0 aliphatic carbocycles. The lowest BCUT2D eigenvalue weighted by Crippen LogP contribution is -2.22. The Labute approximate surface area is 106 Å². The standard InChI is InChI=1S/C13H17N5/c1-9-7-10(2)18(17-9)12-6-4-3-5-11(12)8-16-13(14)15/h3-7H,8H2,1-2H3,(H4,14,15,16). The predicted molar refractivity (Wildman–Crippen MR) is 72.6 cm³/mol. The molecular weight excluding hydrogens is 226 g/mol. The zero-order valence-corrected chi connectivity index (χ0v) is 10.6. The Balaban J connectivity index is 2.44. The van der Waals surface area contributed by atoms with Crippen LogP contribution in [0.4, 0.5) is 0 Å². The third kappa shape index (κ3) is 2.51. The van der Waals surface area contributed by atoms with E-state index < -0.39 is 0 Å². The molecule has 2 rings (SSSR count). The molecule has 0 atom stereocenters. The first-order chi connectivity index (χ1) is 8.58. The number of aromatic nitrogens is 2. The van der Waals surface area contributed by atoms with Crippen LogP contribution < -0.4 is 11.5 Å². The fourth-order valence-corrected chi connectivity index (χ4v) is 1.90. The topological polar surface area (TPSA) is 82.2 Å². The first-order valence-electron chi connectivity index (χ1n) is 5.75. The fraction of sp³-hybridized carbons (Fsp3) is 0.231. The highest BCUT2D eigenvalue weighted by Gasteiger charge is 2.07. The van der Waals surface area contributed by atoms with Crippen molar-refractivity contribution in [1.29, 1.82) is 0 Å². The molecule has 0 bridgehead atoms. The van der Waals surface area contributed by atoms with E-state index in [-0.39, 0.29) is 5.96 Å². The third-order valence-corrected chi connectivity index (χ3v) is 2.66. The second-order valence-electron chi connectivity index (χ2n) is 4.21. The normalized spacial score (nSPS) is 10.3. The molecule has 1 aromatic heterocycles. The number of aryl methyl sites for hydroxylation is 2. The molecule has 0 fully saturated rings. The number of aliphatic imine (C=N–C) groups is 1. The van der Waals surface area contributed by atoms with Crippen LogP contribution in [0.15, 0.2) is 35.3 Å². The van der Waals surface area contributed by atoms with Gasteiger partial charge in [0.2, 0.25) is 0 Å². The number of hydrogen-bond acceptors (Lipinski definition) is 2. The summed E-state index contributed by atoms with van der Waals surface area (Å²) in [5.41, 5.74) is 14.9. The average molecular weight is 243 g/mol. The molecule has 2 aromatic rings. The molecular formula is C13H17N5. The summed E-state index contributed by atoms with van der Waals surface area (Å²) in [6.07, 6.45) is 0. The van der Waals surface area contributed by atoms with Crippen LogP contribution in [0.25, 0.3) is 5.69 Å². The van der Waals surface area contributed by atoms with Gasteiger partial charge in [0.25, 0.3) is 0 Å². The van der Waals surface area contributed by atoms with Crippen molar-refractivity contribution >= 4 is 5.96 Å². The van der Waals surface area contributed by atoms with Gasteiger partial charge in [0, 0.05) is 5.69 Å². The van der Waals surface area contributed by atoms with E-state index in [1.165, 1.54) is 0 Å². The summed E-state index contributed by atoms with van der Waals surface area (Å²) in [5, 5.41) is 4.47. The minimum Gasteiger partial charge on any atom is -0.370 e. The molecule has 0 radical (unpaired) electrons. The molecule has 0 aliphatic rings. The maximum Gasteiger partial charge on any atom is 0.186 e. The lowest BCUT2D eigenvalue weighted by Gasteiger charge is -2.09. The summed E-state index contributed by atoms with van der Waals surface area (Å²) >= 11 is 0. The number of rotatable bonds is 3. The Morgan fingerprint density at radius 1 is 1.28 bits per heavy atom. The molecule has 0 saturated carbocycles. The highest BCUT2D eigenvalue weighted by molar-refractivity contribution is 5.75. The Morgan fingerprint density at radius 2 is 2.00 bits per heavy atom. The molecule has 0 spiro atoms. The smallest absolute Gasteiger partial charge is 0.186 e. The Hall–Kier alpha value is -2.30. The van der Waals surface area contributed by atoms with Crippen LogP contribution in [-0.4, -0.2) is 15.7 Å². The van der Waals surface area contributed by atoms with Crippen LogP contribution in [0.3, 0.4) is 0 Å². The maximum atomic E-state index is 5.37. The highest BCUT2D eigenvalue weighted by atomic mass is 15.3. The molecule has 4 N–H and O–H groups in total. The van der Waals surface area contributed by atoms with Crippen LogP contribution in [0, 0.1) is 13.8 Å². The van der Waals surface area contributed by atoms with Crippen molar-refractivity contribution in [3.8, 4) is 5.69 Å². The second-order valence-corrected chi connectivity index (χ2v) is 4.21. The van der Waals surface area contributed by atoms with Crippen molar-refractivity contribution in [2.24, 2.45) is 16.5 Å². The van der Waals surface area contributed by atoms with Gasteiger partial charge in [-0.3, -0.25) is 0 Å². The van der Waals surface area contributed by atoms with Crippen LogP contribution >= 0.6 is 0 Å². The molecule has 1 aromatic carbocycles. The van der Waals surface area contributed by atoms with Gasteiger partial charge in [0.15, 0.2) is 5.96 Å². The summed E-state index contributed by atoms with van der Waals surface area (Å²) in [6.45, 7) is 4.45. The van der Waals surface area contributed by atoms with E-state index in [4.69, 9.17) is 11.5 Å². The maximum absolute atomic E-state index is 5.37. The highest BCUT2D eigenvalue weighted by Crippen LogP contribution is 2.17. The van der Waals surface area contributed by atoms with Crippen LogP contribution in [-0.2, 0) is 6.54 Å². The lowest BCUT2D eigenvalue weighted by atomic mass is 10.2. The van der Waals surface area contributed by atoms with Crippen molar-refractivity contribution in [3.05, 3.63) is 47.3 Å². The van der Waals surface area contributed by atoms with Gasteiger partial charge in [-0.05, 0) is 31.5 Å². The molecule has 1 heterocycles. The first-order valence-corrected chi connectivity index (χ1v) is 5.75. The second kappa shape index (κ2) is 4.91. The molecule has 0 aliphatic heterocycles. The van der Waals surface area contributed by atoms with Crippen LogP contribution in [0.1, 0.15) is 17.0 Å². The van der Waals surface area contributed by atoms with Gasteiger partial charge in [-0.2, -0.15) is 5.10 Å². The van der Waals surface area contributed by atoms with E-state index in [9.17, 15) is 0 Å². The van der Waals surface area contributed by atoms with Crippen LogP contribution in [0.2, 0.25) is 0 Å². The van der Waals surface area contributed by atoms with Gasteiger partial charge in [-0.25, -0.2) is 9.67 Å². The van der Waals surface area contributed by atoms with Crippen molar-refractivity contribution < 1.29 is 0 Å². The number of para-hydroxylation sites is 1. The monoisotopic (exact) mass is 243 g/mol. The first kappa shape index (κ1) is 12.2. The van der Waals surface area contributed by atoms with E-state index in [1.54, 1.807) is 0 Å². The minimum absolute atomic E-state index is 0.0955. The van der Waals surface area contributed by atoms with E-state index in [0.29, 0.717) is 6.54 Å². The zero-order chi connectivity index (χ0) is 13.1. The Kier molecular flexibility index (Phi) is 3.32. The lowest BCUT2D eigenvalue weighted by molar-refractivity contribution is 0.817. The fourth-order valence-electron chi connectivity index (χ4n) is 1.90.